The Labute approximate surface area is 233 Å². The Morgan fingerprint density at radius 3 is 2.85 bits per heavy atom. The highest BCUT2D eigenvalue weighted by molar-refractivity contribution is 6.34. The number of nitroso groups, excluding NO2 is 1. The van der Waals surface area contributed by atoms with E-state index in [4.69, 9.17) is 17.4 Å². The summed E-state index contributed by atoms with van der Waals surface area (Å²) in [4.78, 5) is 43.2. The average Bonchev–Trinajstić information content (AvgIpc) is 3.13. The fourth-order valence-electron chi connectivity index (χ4n) is 5.59. The Hall–Kier alpha value is -3.41. The van der Waals surface area contributed by atoms with E-state index in [0.29, 0.717) is 43.3 Å². The van der Waals surface area contributed by atoms with Crippen molar-refractivity contribution in [2.24, 2.45) is 11.0 Å². The van der Waals surface area contributed by atoms with Crippen molar-refractivity contribution >= 4 is 34.8 Å². The topological polar surface area (TPSA) is 127 Å². The summed E-state index contributed by atoms with van der Waals surface area (Å²) in [7, 11) is 0. The first kappa shape index (κ1) is 27.2. The molecular weight excluding hydrogens is 520 g/mol. The number of fused-ring (bicyclic) bond motifs is 1. The van der Waals surface area contributed by atoms with Crippen molar-refractivity contribution in [1.29, 1.82) is 0 Å². The number of carbonyl (C=O) groups is 2. The molecule has 1 aromatic carbocycles. The number of amides is 2. The number of benzene rings is 1. The molecule has 0 bridgehead atoms. The van der Waals surface area contributed by atoms with E-state index in [-0.39, 0.29) is 29.9 Å². The van der Waals surface area contributed by atoms with Gasteiger partial charge in [0.25, 0.3) is 5.91 Å². The molecule has 0 aromatic heterocycles. The van der Waals surface area contributed by atoms with Gasteiger partial charge in [0.15, 0.2) is 6.29 Å². The summed E-state index contributed by atoms with van der Waals surface area (Å²) in [5, 5.41) is 11.3. The van der Waals surface area contributed by atoms with E-state index in [1.165, 1.54) is 5.01 Å². The molecule has 0 saturated carbocycles. The second kappa shape index (κ2) is 11.8. The Kier molecular flexibility index (Phi) is 8.20. The van der Waals surface area contributed by atoms with Crippen LogP contribution in [0.2, 0.25) is 5.02 Å². The van der Waals surface area contributed by atoms with Crippen LogP contribution in [-0.4, -0.2) is 83.8 Å². The predicted octanol–water partition coefficient (Wildman–Crippen LogP) is 2.38. The van der Waals surface area contributed by atoms with Gasteiger partial charge in [-0.05, 0) is 56.7 Å². The molecule has 3 atom stereocenters. The molecule has 4 aliphatic heterocycles. The van der Waals surface area contributed by atoms with Crippen molar-refractivity contribution in [3.63, 3.8) is 0 Å². The molecule has 39 heavy (non-hydrogen) atoms. The minimum absolute atomic E-state index is 0.0142. The maximum Gasteiger partial charge on any atom is 0.270 e. The van der Waals surface area contributed by atoms with E-state index in [0.717, 1.165) is 30.6 Å². The number of rotatable bonds is 7. The van der Waals surface area contributed by atoms with Crippen molar-refractivity contribution in [2.45, 2.75) is 50.6 Å². The first-order valence-corrected chi connectivity index (χ1v) is 13.8. The molecular formula is C27H35ClN8O3. The number of nitrogens with zero attached hydrogens (tertiary/aromatic N) is 5. The van der Waals surface area contributed by atoms with Gasteiger partial charge in [0.2, 0.25) is 5.91 Å². The fourth-order valence-corrected chi connectivity index (χ4v) is 5.86. The summed E-state index contributed by atoms with van der Waals surface area (Å²) >= 11 is 6.70. The minimum Gasteiger partial charge on any atom is -0.385 e. The molecule has 0 radical (unpaired) electrons. The fraction of sp³-hybridized carbons (Fsp3) is 0.481. The number of carbonyl (C=O) groups excluding carboxylic acids is 2. The molecule has 0 aliphatic carbocycles. The van der Waals surface area contributed by atoms with Gasteiger partial charge in [-0.3, -0.25) is 14.5 Å². The van der Waals surface area contributed by atoms with Crippen LogP contribution in [0.5, 0.6) is 0 Å². The first-order chi connectivity index (χ1) is 18.9. The zero-order chi connectivity index (χ0) is 27.5. The number of nitrogens with two attached hydrogens (primary N) is 1. The van der Waals surface area contributed by atoms with Crippen LogP contribution in [0, 0.1) is 4.91 Å². The Balaban J connectivity index is 1.34. The van der Waals surface area contributed by atoms with Crippen LogP contribution >= 0.6 is 11.6 Å². The van der Waals surface area contributed by atoms with E-state index < -0.39 is 6.29 Å². The number of halogens is 1. The van der Waals surface area contributed by atoms with Crippen LogP contribution in [-0.2, 0) is 9.59 Å². The third-order valence-corrected chi connectivity index (χ3v) is 7.96. The molecule has 2 unspecified atom stereocenters. The number of hydrogen-bond acceptors (Lipinski definition) is 9. The quantitative estimate of drug-likeness (QED) is 0.154. The van der Waals surface area contributed by atoms with Gasteiger partial charge in [-0.1, -0.05) is 28.9 Å². The molecule has 11 nitrogen and oxygen atoms in total. The lowest BCUT2D eigenvalue weighted by molar-refractivity contribution is -0.129. The standard InChI is InChI=1S/C27H35ClN8O3/c1-18-14-19(10-11-30-18)26(38)36(29)27-31-23-8-4-7-22(28)25(23)35(27)21-6-2-3-13-34(17-21)24(37)9-5-12-33-15-20(16-33)32-39/h4-5,7-11,14,18,20-21,27,30-31H,2-3,6,12-13,15-17,29H2,1H3/b9-5+/t18?,21-,27?/m1/s1. The SMILES string of the molecule is CC1C=C(C(=O)N(N)C2Nc3cccc(Cl)c3N2[C@@H]2CCCCN(C(=O)/C=C/CN3CC(N=O)C3)C2)C=CN1. The van der Waals surface area contributed by atoms with Crippen LogP contribution in [0.15, 0.2) is 59.5 Å². The molecule has 4 heterocycles. The van der Waals surface area contributed by atoms with Gasteiger partial charge >= 0.3 is 0 Å². The second-order valence-corrected chi connectivity index (χ2v) is 10.9. The molecule has 0 spiro atoms. The number of likely N-dealkylation sites (tertiary alicyclic amines) is 2. The summed E-state index contributed by atoms with van der Waals surface area (Å²) in [6, 6.07) is 5.35. The van der Waals surface area contributed by atoms with Crippen molar-refractivity contribution < 1.29 is 9.59 Å². The molecule has 4 aliphatic rings. The van der Waals surface area contributed by atoms with Gasteiger partial charge in [0.1, 0.15) is 6.04 Å². The number of anilines is 2. The van der Waals surface area contributed by atoms with Crippen LogP contribution in [0.4, 0.5) is 11.4 Å². The van der Waals surface area contributed by atoms with E-state index in [1.807, 2.05) is 42.2 Å². The van der Waals surface area contributed by atoms with E-state index >= 15 is 0 Å². The van der Waals surface area contributed by atoms with Gasteiger partial charge in [-0.25, -0.2) is 10.9 Å². The monoisotopic (exact) mass is 554 g/mol. The van der Waals surface area contributed by atoms with E-state index in [9.17, 15) is 14.5 Å². The zero-order valence-electron chi connectivity index (χ0n) is 22.0. The van der Waals surface area contributed by atoms with Crippen molar-refractivity contribution in [2.75, 3.05) is 42.9 Å². The van der Waals surface area contributed by atoms with Crippen LogP contribution in [0.1, 0.15) is 26.2 Å². The number of para-hydroxylation sites is 1. The molecule has 2 saturated heterocycles. The molecule has 12 heteroatoms. The summed E-state index contributed by atoms with van der Waals surface area (Å²) < 4.78 is 0. The maximum atomic E-state index is 13.4. The van der Waals surface area contributed by atoms with Crippen LogP contribution in [0.25, 0.3) is 0 Å². The molecule has 4 N–H and O–H groups in total. The van der Waals surface area contributed by atoms with Gasteiger partial charge < -0.3 is 20.4 Å². The van der Waals surface area contributed by atoms with Crippen molar-refractivity contribution in [3.8, 4) is 0 Å². The molecule has 2 fully saturated rings. The Bertz CT molecular complexity index is 1200. The third-order valence-electron chi connectivity index (χ3n) is 7.65. The lowest BCUT2D eigenvalue weighted by atomic mass is 10.1. The zero-order valence-corrected chi connectivity index (χ0v) is 22.8. The molecule has 208 valence electrons. The lowest BCUT2D eigenvalue weighted by Crippen LogP contribution is -2.60. The number of hydrogen-bond donors (Lipinski definition) is 3. The lowest BCUT2D eigenvalue weighted by Gasteiger charge is -2.40. The summed E-state index contributed by atoms with van der Waals surface area (Å²) in [6.45, 7) is 4.95. The third kappa shape index (κ3) is 5.80. The summed E-state index contributed by atoms with van der Waals surface area (Å²) in [5.41, 5.74) is 2.08. The van der Waals surface area contributed by atoms with E-state index in [2.05, 4.69) is 25.6 Å². The van der Waals surface area contributed by atoms with Crippen molar-refractivity contribution in [3.05, 3.63) is 64.2 Å². The minimum atomic E-state index is -0.673. The highest BCUT2D eigenvalue weighted by atomic mass is 35.5. The first-order valence-electron chi connectivity index (χ1n) is 13.4. The number of nitrogens with one attached hydrogen (secondary N) is 2. The number of hydrazine groups is 1. The maximum absolute atomic E-state index is 13.4. The highest BCUT2D eigenvalue weighted by Crippen LogP contribution is 2.43. The van der Waals surface area contributed by atoms with Crippen LogP contribution in [0.3, 0.4) is 0 Å². The number of dihydropyridines is 1. The molecule has 1 aromatic rings. The van der Waals surface area contributed by atoms with E-state index in [1.54, 1.807) is 18.4 Å². The van der Waals surface area contributed by atoms with Gasteiger partial charge in [-0.15, -0.1) is 0 Å². The van der Waals surface area contributed by atoms with Crippen LogP contribution < -0.4 is 21.4 Å². The molecule has 5 rings (SSSR count). The predicted molar refractivity (Wildman–Crippen MR) is 152 cm³/mol. The molecule has 2 amide bonds. The van der Waals surface area contributed by atoms with Gasteiger partial charge in [0, 0.05) is 50.4 Å². The largest absolute Gasteiger partial charge is 0.385 e. The smallest absolute Gasteiger partial charge is 0.270 e. The summed E-state index contributed by atoms with van der Waals surface area (Å²) in [6.07, 6.45) is 10.7. The Morgan fingerprint density at radius 2 is 2.08 bits per heavy atom. The second-order valence-electron chi connectivity index (χ2n) is 10.5. The average molecular weight is 555 g/mol. The highest BCUT2D eigenvalue weighted by Gasteiger charge is 2.41. The summed E-state index contributed by atoms with van der Waals surface area (Å²) in [5.74, 6) is 6.14. The van der Waals surface area contributed by atoms with Gasteiger partial charge in [0.05, 0.1) is 22.4 Å². The van der Waals surface area contributed by atoms with Gasteiger partial charge in [-0.2, -0.15) is 4.91 Å². The normalized spacial score (nSPS) is 25.3. The van der Waals surface area contributed by atoms with Crippen molar-refractivity contribution in [1.82, 2.24) is 20.1 Å². The Morgan fingerprint density at radius 1 is 1.26 bits per heavy atom.